The number of benzene rings is 2. The van der Waals surface area contributed by atoms with Crippen LogP contribution >= 0.6 is 43.5 Å². The molecule has 1 aliphatic rings. The second-order valence-electron chi connectivity index (χ2n) is 4.40. The van der Waals surface area contributed by atoms with Crippen molar-refractivity contribution in [2.45, 2.75) is 0 Å². The number of nitrogens with one attached hydrogen (secondary N) is 1. The molecule has 5 heteroatoms. The lowest BCUT2D eigenvalue weighted by atomic mass is 10.0. The summed E-state index contributed by atoms with van der Waals surface area (Å²) in [6, 6.07) is 11.2. The van der Waals surface area contributed by atoms with Crippen LogP contribution in [0.4, 0.5) is 5.69 Å². The zero-order valence-electron chi connectivity index (χ0n) is 10.1. The van der Waals surface area contributed by atoms with Crippen LogP contribution in [0.1, 0.15) is 11.1 Å². The first-order valence-electron chi connectivity index (χ1n) is 5.82. The van der Waals surface area contributed by atoms with Gasteiger partial charge in [0.2, 0.25) is 0 Å². The summed E-state index contributed by atoms with van der Waals surface area (Å²) in [4.78, 5) is 12.1. The predicted molar refractivity (Wildman–Crippen MR) is 89.8 cm³/mol. The molecule has 3 rings (SSSR count). The van der Waals surface area contributed by atoms with E-state index < -0.39 is 0 Å². The van der Waals surface area contributed by atoms with Gasteiger partial charge in [-0.3, -0.25) is 4.79 Å². The fourth-order valence-electron chi connectivity index (χ4n) is 2.13. The topological polar surface area (TPSA) is 29.1 Å². The van der Waals surface area contributed by atoms with Crippen molar-refractivity contribution < 1.29 is 4.79 Å². The number of carbonyl (C=O) groups excluding carboxylic acids is 1. The zero-order chi connectivity index (χ0) is 14.3. The Morgan fingerprint density at radius 1 is 1.05 bits per heavy atom. The number of anilines is 1. The van der Waals surface area contributed by atoms with E-state index in [0.717, 1.165) is 25.8 Å². The number of halogens is 3. The lowest BCUT2D eigenvalue weighted by molar-refractivity contribution is -0.110. The number of fused-ring (bicyclic) bond motifs is 1. The predicted octanol–water partition coefficient (Wildman–Crippen LogP) is 5.36. The van der Waals surface area contributed by atoms with E-state index >= 15 is 0 Å². The van der Waals surface area contributed by atoms with Gasteiger partial charge in [-0.25, -0.2) is 0 Å². The highest BCUT2D eigenvalue weighted by Gasteiger charge is 2.24. The van der Waals surface area contributed by atoms with Gasteiger partial charge in [0.1, 0.15) is 0 Å². The van der Waals surface area contributed by atoms with Crippen LogP contribution in [-0.2, 0) is 4.79 Å². The molecule has 0 aliphatic carbocycles. The molecular formula is C15H8Br2ClNO. The molecule has 1 N–H and O–H groups in total. The Labute approximate surface area is 138 Å². The Bertz CT molecular complexity index is 735. The highest BCUT2D eigenvalue weighted by atomic mass is 79.9. The number of amides is 1. The Hall–Kier alpha value is -1.10. The molecule has 0 spiro atoms. The van der Waals surface area contributed by atoms with Crippen LogP contribution in [0.5, 0.6) is 0 Å². The van der Waals surface area contributed by atoms with E-state index in [0.29, 0.717) is 10.6 Å². The van der Waals surface area contributed by atoms with Gasteiger partial charge in [0.05, 0.1) is 0 Å². The first kappa shape index (κ1) is 13.9. The Morgan fingerprint density at radius 3 is 2.45 bits per heavy atom. The van der Waals surface area contributed by atoms with Crippen LogP contribution in [-0.4, -0.2) is 5.91 Å². The normalized spacial score (nSPS) is 15.3. The van der Waals surface area contributed by atoms with Crippen LogP contribution in [0.2, 0.25) is 5.02 Å². The van der Waals surface area contributed by atoms with Crippen molar-refractivity contribution in [3.63, 3.8) is 0 Å². The Kier molecular flexibility index (Phi) is 3.71. The summed E-state index contributed by atoms with van der Waals surface area (Å²) in [7, 11) is 0. The van der Waals surface area contributed by atoms with Gasteiger partial charge in [0.15, 0.2) is 0 Å². The third-order valence-electron chi connectivity index (χ3n) is 2.96. The fourth-order valence-corrected chi connectivity index (χ4v) is 3.63. The highest BCUT2D eigenvalue weighted by Crippen LogP contribution is 2.35. The SMILES string of the molecule is O=C1Nc2ccc(Cl)cc2C1=Cc1cc(Br)cc(Br)c1. The molecule has 2 aromatic rings. The summed E-state index contributed by atoms with van der Waals surface area (Å²) in [6.45, 7) is 0. The average molecular weight is 413 g/mol. The molecule has 0 saturated heterocycles. The summed E-state index contributed by atoms with van der Waals surface area (Å²) in [5.74, 6) is -0.113. The van der Waals surface area contributed by atoms with Crippen molar-refractivity contribution in [2.75, 3.05) is 5.32 Å². The molecule has 0 aromatic heterocycles. The fraction of sp³-hybridized carbons (Fsp3) is 0. The molecule has 2 nitrogen and oxygen atoms in total. The molecule has 2 aromatic carbocycles. The van der Waals surface area contributed by atoms with Crippen molar-refractivity contribution >= 4 is 66.7 Å². The second kappa shape index (κ2) is 5.35. The van der Waals surface area contributed by atoms with Gasteiger partial charge in [-0.2, -0.15) is 0 Å². The smallest absolute Gasteiger partial charge is 0.256 e. The van der Waals surface area contributed by atoms with Crippen LogP contribution in [0.15, 0.2) is 45.3 Å². The van der Waals surface area contributed by atoms with Crippen molar-refractivity contribution in [1.82, 2.24) is 0 Å². The van der Waals surface area contributed by atoms with E-state index in [9.17, 15) is 4.79 Å². The standard InChI is InChI=1S/C15H8Br2ClNO/c16-9-3-8(4-10(17)6-9)5-13-12-7-11(18)1-2-14(12)19-15(13)20/h1-7H,(H,19,20). The third kappa shape index (κ3) is 2.68. The van der Waals surface area contributed by atoms with E-state index in [1.165, 1.54) is 0 Å². The molecule has 1 amide bonds. The van der Waals surface area contributed by atoms with E-state index in [2.05, 4.69) is 37.2 Å². The molecule has 0 fully saturated rings. The molecule has 20 heavy (non-hydrogen) atoms. The van der Waals surface area contributed by atoms with E-state index in [1.807, 2.05) is 30.3 Å². The Balaban J connectivity index is 2.12. The first-order chi connectivity index (χ1) is 9.52. The molecule has 1 heterocycles. The third-order valence-corrected chi connectivity index (χ3v) is 4.11. The van der Waals surface area contributed by atoms with Crippen molar-refractivity contribution in [3.8, 4) is 0 Å². The zero-order valence-corrected chi connectivity index (χ0v) is 14.0. The number of carbonyl (C=O) groups is 1. The maximum absolute atomic E-state index is 12.1. The number of hydrogen-bond donors (Lipinski definition) is 1. The van der Waals surface area contributed by atoms with Gasteiger partial charge in [-0.05, 0) is 48.0 Å². The van der Waals surface area contributed by atoms with Crippen LogP contribution in [0, 0.1) is 0 Å². The maximum atomic E-state index is 12.1. The lowest BCUT2D eigenvalue weighted by Gasteiger charge is -2.01. The van der Waals surface area contributed by atoms with Crippen molar-refractivity contribution in [2.24, 2.45) is 0 Å². The van der Waals surface area contributed by atoms with Gasteiger partial charge in [-0.15, -0.1) is 0 Å². The summed E-state index contributed by atoms with van der Waals surface area (Å²) in [6.07, 6.45) is 1.85. The molecule has 1 aliphatic heterocycles. The summed E-state index contributed by atoms with van der Waals surface area (Å²) in [5, 5.41) is 3.45. The van der Waals surface area contributed by atoms with Crippen LogP contribution < -0.4 is 5.32 Å². The van der Waals surface area contributed by atoms with Crippen molar-refractivity contribution in [3.05, 3.63) is 61.5 Å². The summed E-state index contributed by atoms with van der Waals surface area (Å²) >= 11 is 12.9. The minimum atomic E-state index is -0.113. The van der Waals surface area contributed by atoms with E-state index in [4.69, 9.17) is 11.6 Å². The van der Waals surface area contributed by atoms with Gasteiger partial charge in [0, 0.05) is 30.8 Å². The maximum Gasteiger partial charge on any atom is 0.256 e. The average Bonchev–Trinajstić information content (AvgIpc) is 2.65. The van der Waals surface area contributed by atoms with E-state index in [1.54, 1.807) is 12.1 Å². The van der Waals surface area contributed by atoms with Gasteiger partial charge < -0.3 is 5.32 Å². The molecular weight excluding hydrogens is 405 g/mol. The van der Waals surface area contributed by atoms with Crippen LogP contribution in [0.25, 0.3) is 11.6 Å². The molecule has 0 bridgehead atoms. The molecule has 0 unspecified atom stereocenters. The monoisotopic (exact) mass is 411 g/mol. The van der Waals surface area contributed by atoms with Gasteiger partial charge in [0.25, 0.3) is 5.91 Å². The molecule has 0 radical (unpaired) electrons. The molecule has 0 saturated carbocycles. The second-order valence-corrected chi connectivity index (χ2v) is 6.67. The van der Waals surface area contributed by atoms with Gasteiger partial charge in [-0.1, -0.05) is 43.5 Å². The molecule has 100 valence electrons. The summed E-state index contributed by atoms with van der Waals surface area (Å²) < 4.78 is 1.90. The number of hydrogen-bond acceptors (Lipinski definition) is 1. The van der Waals surface area contributed by atoms with Crippen molar-refractivity contribution in [1.29, 1.82) is 0 Å². The largest absolute Gasteiger partial charge is 0.321 e. The van der Waals surface area contributed by atoms with Crippen LogP contribution in [0.3, 0.4) is 0 Å². The summed E-state index contributed by atoms with van der Waals surface area (Å²) in [5.41, 5.74) is 3.18. The minimum Gasteiger partial charge on any atom is -0.321 e. The first-order valence-corrected chi connectivity index (χ1v) is 7.78. The number of rotatable bonds is 1. The lowest BCUT2D eigenvalue weighted by Crippen LogP contribution is -2.03. The van der Waals surface area contributed by atoms with E-state index in [-0.39, 0.29) is 5.91 Å². The van der Waals surface area contributed by atoms with Gasteiger partial charge >= 0.3 is 0 Å². The minimum absolute atomic E-state index is 0.113. The molecule has 0 atom stereocenters. The highest BCUT2D eigenvalue weighted by molar-refractivity contribution is 9.11. The Morgan fingerprint density at radius 2 is 1.75 bits per heavy atom. The quantitative estimate of drug-likeness (QED) is 0.627.